The standard InChI is InChI=1S/C15H18N2/c16-10-13-6-8-15(9-7-13)12-17-11-14-4-2-1-3-5-14/h1-9,17H,10-12,16H2. The van der Waals surface area contributed by atoms with E-state index in [2.05, 4.69) is 53.8 Å². The van der Waals surface area contributed by atoms with Gasteiger partial charge in [0.15, 0.2) is 0 Å². The molecule has 0 radical (unpaired) electrons. The van der Waals surface area contributed by atoms with Crippen LogP contribution in [-0.2, 0) is 19.6 Å². The fraction of sp³-hybridized carbons (Fsp3) is 0.200. The molecule has 0 aliphatic carbocycles. The lowest BCUT2D eigenvalue weighted by molar-refractivity contribution is 0.693. The van der Waals surface area contributed by atoms with Gasteiger partial charge in [0.2, 0.25) is 0 Å². The maximum absolute atomic E-state index is 5.56. The van der Waals surface area contributed by atoms with E-state index in [1.165, 1.54) is 16.7 Å². The van der Waals surface area contributed by atoms with Crippen molar-refractivity contribution in [3.63, 3.8) is 0 Å². The lowest BCUT2D eigenvalue weighted by atomic mass is 10.1. The SMILES string of the molecule is NCc1ccc(CNCc2ccccc2)cc1. The van der Waals surface area contributed by atoms with Crippen molar-refractivity contribution in [3.8, 4) is 0 Å². The van der Waals surface area contributed by atoms with Gasteiger partial charge < -0.3 is 11.1 Å². The average molecular weight is 226 g/mol. The maximum Gasteiger partial charge on any atom is 0.0208 e. The zero-order valence-corrected chi connectivity index (χ0v) is 9.89. The van der Waals surface area contributed by atoms with Crippen molar-refractivity contribution in [2.45, 2.75) is 19.6 Å². The Kier molecular flexibility index (Phi) is 4.30. The molecule has 0 saturated carbocycles. The molecule has 0 fully saturated rings. The fourth-order valence-electron chi connectivity index (χ4n) is 1.74. The van der Waals surface area contributed by atoms with Crippen LogP contribution >= 0.6 is 0 Å². The van der Waals surface area contributed by atoms with Gasteiger partial charge >= 0.3 is 0 Å². The summed E-state index contributed by atoms with van der Waals surface area (Å²) in [4.78, 5) is 0. The molecule has 0 aliphatic rings. The van der Waals surface area contributed by atoms with Crippen LogP contribution in [0.3, 0.4) is 0 Å². The lowest BCUT2D eigenvalue weighted by Crippen LogP contribution is -2.12. The summed E-state index contributed by atoms with van der Waals surface area (Å²) >= 11 is 0. The minimum absolute atomic E-state index is 0.609. The summed E-state index contributed by atoms with van der Waals surface area (Å²) in [5.41, 5.74) is 9.34. The van der Waals surface area contributed by atoms with E-state index in [1.807, 2.05) is 6.07 Å². The molecule has 2 aromatic carbocycles. The van der Waals surface area contributed by atoms with Crippen LogP contribution in [0.5, 0.6) is 0 Å². The van der Waals surface area contributed by atoms with Crippen molar-refractivity contribution in [2.75, 3.05) is 0 Å². The topological polar surface area (TPSA) is 38.0 Å². The highest BCUT2D eigenvalue weighted by Gasteiger charge is 1.94. The predicted molar refractivity (Wildman–Crippen MR) is 71.3 cm³/mol. The second-order valence-electron chi connectivity index (χ2n) is 4.11. The van der Waals surface area contributed by atoms with Gasteiger partial charge in [0.05, 0.1) is 0 Å². The largest absolute Gasteiger partial charge is 0.326 e. The van der Waals surface area contributed by atoms with Gasteiger partial charge in [-0.25, -0.2) is 0 Å². The smallest absolute Gasteiger partial charge is 0.0208 e. The molecular formula is C15H18N2. The number of nitrogens with two attached hydrogens (primary N) is 1. The van der Waals surface area contributed by atoms with Crippen molar-refractivity contribution in [1.29, 1.82) is 0 Å². The van der Waals surface area contributed by atoms with Crippen LogP contribution in [0.2, 0.25) is 0 Å². The highest BCUT2D eigenvalue weighted by atomic mass is 14.8. The van der Waals surface area contributed by atoms with E-state index in [0.717, 1.165) is 13.1 Å². The normalized spacial score (nSPS) is 10.4. The third-order valence-corrected chi connectivity index (χ3v) is 2.76. The van der Waals surface area contributed by atoms with Gasteiger partial charge in [0.25, 0.3) is 0 Å². The van der Waals surface area contributed by atoms with Gasteiger partial charge in [-0.3, -0.25) is 0 Å². The van der Waals surface area contributed by atoms with Gasteiger partial charge in [-0.2, -0.15) is 0 Å². The summed E-state index contributed by atoms with van der Waals surface area (Å²) in [6.45, 7) is 2.40. The van der Waals surface area contributed by atoms with Gasteiger partial charge in [-0.15, -0.1) is 0 Å². The van der Waals surface area contributed by atoms with Crippen molar-refractivity contribution in [2.24, 2.45) is 5.73 Å². The molecule has 2 nitrogen and oxygen atoms in total. The van der Waals surface area contributed by atoms with Gasteiger partial charge in [-0.05, 0) is 16.7 Å². The monoisotopic (exact) mass is 226 g/mol. The molecule has 2 aromatic rings. The predicted octanol–water partition coefficient (Wildman–Crippen LogP) is 2.44. The first-order valence-electron chi connectivity index (χ1n) is 5.91. The molecule has 0 amide bonds. The third kappa shape index (κ3) is 3.70. The molecule has 0 bridgehead atoms. The molecule has 3 N–H and O–H groups in total. The fourth-order valence-corrected chi connectivity index (χ4v) is 1.74. The van der Waals surface area contributed by atoms with Gasteiger partial charge in [0.1, 0.15) is 0 Å². The second-order valence-corrected chi connectivity index (χ2v) is 4.11. The minimum Gasteiger partial charge on any atom is -0.326 e. The van der Waals surface area contributed by atoms with Crippen molar-refractivity contribution in [1.82, 2.24) is 5.32 Å². The number of hydrogen-bond donors (Lipinski definition) is 2. The van der Waals surface area contributed by atoms with Crippen LogP contribution in [0.4, 0.5) is 0 Å². The van der Waals surface area contributed by atoms with Crippen LogP contribution in [0.25, 0.3) is 0 Å². The first-order valence-corrected chi connectivity index (χ1v) is 5.91. The van der Waals surface area contributed by atoms with Crippen LogP contribution < -0.4 is 11.1 Å². The first-order chi connectivity index (χ1) is 8.38. The Labute approximate surface area is 102 Å². The van der Waals surface area contributed by atoms with E-state index in [4.69, 9.17) is 5.73 Å². The number of hydrogen-bond acceptors (Lipinski definition) is 2. The zero-order chi connectivity index (χ0) is 11.9. The summed E-state index contributed by atoms with van der Waals surface area (Å²) in [5, 5.41) is 3.42. The van der Waals surface area contributed by atoms with E-state index in [9.17, 15) is 0 Å². The molecule has 0 heterocycles. The molecular weight excluding hydrogens is 208 g/mol. The van der Waals surface area contributed by atoms with E-state index >= 15 is 0 Å². The third-order valence-electron chi connectivity index (χ3n) is 2.76. The number of rotatable bonds is 5. The molecule has 17 heavy (non-hydrogen) atoms. The number of benzene rings is 2. The lowest BCUT2D eigenvalue weighted by Gasteiger charge is -2.05. The molecule has 0 unspecified atom stereocenters. The van der Waals surface area contributed by atoms with Gasteiger partial charge in [-0.1, -0.05) is 54.6 Å². The summed E-state index contributed by atoms with van der Waals surface area (Å²) in [7, 11) is 0. The summed E-state index contributed by atoms with van der Waals surface area (Å²) < 4.78 is 0. The van der Waals surface area contributed by atoms with E-state index < -0.39 is 0 Å². The van der Waals surface area contributed by atoms with E-state index in [0.29, 0.717) is 6.54 Å². The van der Waals surface area contributed by atoms with Crippen molar-refractivity contribution >= 4 is 0 Å². The maximum atomic E-state index is 5.56. The number of nitrogens with one attached hydrogen (secondary N) is 1. The Morgan fingerprint density at radius 2 is 1.24 bits per heavy atom. The summed E-state index contributed by atoms with van der Waals surface area (Å²) in [6.07, 6.45) is 0. The molecule has 2 rings (SSSR count). The van der Waals surface area contributed by atoms with Crippen molar-refractivity contribution in [3.05, 3.63) is 71.3 Å². The molecule has 0 saturated heterocycles. The van der Waals surface area contributed by atoms with E-state index in [-0.39, 0.29) is 0 Å². The molecule has 0 aliphatic heterocycles. The Hall–Kier alpha value is -1.64. The Bertz CT molecular complexity index is 434. The van der Waals surface area contributed by atoms with Crippen LogP contribution in [0.15, 0.2) is 54.6 Å². The van der Waals surface area contributed by atoms with Crippen LogP contribution in [-0.4, -0.2) is 0 Å². The Balaban J connectivity index is 1.82. The quantitative estimate of drug-likeness (QED) is 0.821. The highest BCUT2D eigenvalue weighted by molar-refractivity contribution is 5.22. The van der Waals surface area contributed by atoms with Crippen LogP contribution in [0.1, 0.15) is 16.7 Å². The first kappa shape index (κ1) is 11.8. The van der Waals surface area contributed by atoms with Crippen LogP contribution in [0, 0.1) is 0 Å². The minimum atomic E-state index is 0.609. The zero-order valence-electron chi connectivity index (χ0n) is 9.89. The second kappa shape index (κ2) is 6.18. The summed E-state index contributed by atoms with van der Waals surface area (Å²) in [6, 6.07) is 18.8. The average Bonchev–Trinajstić information content (AvgIpc) is 2.41. The Morgan fingerprint density at radius 3 is 1.82 bits per heavy atom. The summed E-state index contributed by atoms with van der Waals surface area (Å²) in [5.74, 6) is 0. The van der Waals surface area contributed by atoms with E-state index in [1.54, 1.807) is 0 Å². The molecule has 88 valence electrons. The molecule has 0 atom stereocenters. The van der Waals surface area contributed by atoms with Crippen molar-refractivity contribution < 1.29 is 0 Å². The molecule has 0 spiro atoms. The Morgan fingerprint density at radius 1 is 0.706 bits per heavy atom. The van der Waals surface area contributed by atoms with Gasteiger partial charge in [0, 0.05) is 19.6 Å². The molecule has 2 heteroatoms. The highest BCUT2D eigenvalue weighted by Crippen LogP contribution is 2.04. The molecule has 0 aromatic heterocycles.